The monoisotopic (exact) mass is 584 g/mol. The third-order valence-corrected chi connectivity index (χ3v) is 5.53. The zero-order chi connectivity index (χ0) is 27.7. The Morgan fingerprint density at radius 1 is 0.303 bits per heavy atom. The van der Waals surface area contributed by atoms with Crippen molar-refractivity contribution in [1.82, 2.24) is 0 Å². The van der Waals surface area contributed by atoms with Crippen LogP contribution in [0, 0.1) is 0 Å². The van der Waals surface area contributed by atoms with Gasteiger partial charge in [-0.2, -0.15) is 94.5 Å². The van der Waals surface area contributed by atoms with Gasteiger partial charge in [0.15, 0.2) is 0 Å². The van der Waals surface area contributed by atoms with Gasteiger partial charge in [0.25, 0.3) is 0 Å². The largest absolute Gasteiger partial charge is 0.460 e. The summed E-state index contributed by atoms with van der Waals surface area (Å²) in [7, 11) is -4.51. The summed E-state index contributed by atoms with van der Waals surface area (Å²) in [5.74, 6) is -69.9. The molecule has 0 spiro atoms. The van der Waals surface area contributed by atoms with Crippen LogP contribution in [0.15, 0.2) is 0 Å². The third-order valence-electron chi connectivity index (χ3n) is 3.74. The van der Waals surface area contributed by atoms with Crippen LogP contribution >= 0.6 is 11.1 Å². The summed E-state index contributed by atoms with van der Waals surface area (Å²) in [6.45, 7) is 0. The van der Waals surface area contributed by atoms with Crippen molar-refractivity contribution in [2.24, 2.45) is 0 Å². The maximum absolute atomic E-state index is 13.3. The first kappa shape index (κ1) is 32.0. The molecule has 0 atom stereocenters. The fourth-order valence-electron chi connectivity index (χ4n) is 1.67. The molecule has 0 fully saturated rings. The van der Waals surface area contributed by atoms with Crippen LogP contribution in [-0.2, 0) is 0 Å². The molecule has 200 valence electrons. The maximum atomic E-state index is 13.3. The van der Waals surface area contributed by atoms with Crippen molar-refractivity contribution in [2.75, 3.05) is 0 Å². The SMILES string of the molecule is FC(F)(F)C(F)(F)C(F)(F)C(F)(F)C(F)(F)C(F)(F)C(F)(F)C(F)(F)C(F)(F)C(F)(F)[SiH2]Cl. The Kier molecular flexibility index (Phi) is 7.54. The van der Waals surface area contributed by atoms with Crippen molar-refractivity contribution < 1.29 is 92.2 Å². The van der Waals surface area contributed by atoms with E-state index < -0.39 is 67.9 Å². The number of alkyl halides is 21. The molecule has 23 heteroatoms. The Morgan fingerprint density at radius 3 is 0.667 bits per heavy atom. The van der Waals surface area contributed by atoms with Crippen LogP contribution in [0.4, 0.5) is 92.2 Å². The van der Waals surface area contributed by atoms with Crippen LogP contribution < -0.4 is 0 Å². The molecule has 0 amide bonds. The minimum atomic E-state index is -9.14. The lowest BCUT2D eigenvalue weighted by Crippen LogP contribution is -2.77. The topological polar surface area (TPSA) is 0 Å². The van der Waals surface area contributed by atoms with Gasteiger partial charge in [-0.25, -0.2) is 8.78 Å². The van der Waals surface area contributed by atoms with Crippen molar-refractivity contribution in [3.63, 3.8) is 0 Å². The first-order valence-electron chi connectivity index (χ1n) is 6.84. The fourth-order valence-corrected chi connectivity index (χ4v) is 2.57. The van der Waals surface area contributed by atoms with Crippen LogP contribution in [0.3, 0.4) is 0 Å². The van der Waals surface area contributed by atoms with E-state index in [2.05, 4.69) is 11.1 Å². The van der Waals surface area contributed by atoms with E-state index in [1.54, 1.807) is 0 Å². The Balaban J connectivity index is 7.03. The van der Waals surface area contributed by atoms with Crippen LogP contribution in [-0.4, -0.2) is 67.9 Å². The molecule has 0 aromatic heterocycles. The summed E-state index contributed by atoms with van der Waals surface area (Å²) in [4.78, 5) is 0. The zero-order valence-corrected chi connectivity index (χ0v) is 16.2. The van der Waals surface area contributed by atoms with Gasteiger partial charge in [-0.15, -0.1) is 0 Å². The van der Waals surface area contributed by atoms with Crippen LogP contribution in [0.2, 0.25) is 0 Å². The summed E-state index contributed by atoms with van der Waals surface area (Å²) in [5, 5.41) is 0. The lowest BCUT2D eigenvalue weighted by atomic mass is 9.87. The Hall–Kier alpha value is -0.963. The second kappa shape index (κ2) is 7.77. The van der Waals surface area contributed by atoms with E-state index >= 15 is 0 Å². The van der Waals surface area contributed by atoms with Gasteiger partial charge in [0.2, 0.25) is 8.83 Å². The van der Waals surface area contributed by atoms with Gasteiger partial charge in [-0.05, 0) is 0 Å². The molecule has 0 aromatic carbocycles. The van der Waals surface area contributed by atoms with Gasteiger partial charge < -0.3 is 0 Å². The molecule has 0 aromatic rings. The van der Waals surface area contributed by atoms with E-state index in [1.165, 1.54) is 0 Å². The maximum Gasteiger partial charge on any atom is 0.460 e. The van der Waals surface area contributed by atoms with Crippen molar-refractivity contribution in [3.05, 3.63) is 0 Å². The van der Waals surface area contributed by atoms with E-state index in [0.717, 1.165) is 0 Å². The highest BCUT2D eigenvalue weighted by molar-refractivity contribution is 6.95. The minimum absolute atomic E-state index is 4.15. The first-order valence-corrected chi connectivity index (χ1v) is 9.68. The third kappa shape index (κ3) is 3.80. The summed E-state index contributed by atoms with van der Waals surface area (Å²) in [6.07, 6.45) is -7.99. The second-order valence-corrected chi connectivity index (χ2v) is 7.89. The molecule has 0 N–H and O–H groups in total. The zero-order valence-electron chi connectivity index (χ0n) is 14.0. The molecule has 0 heterocycles. The van der Waals surface area contributed by atoms with Gasteiger partial charge >= 0.3 is 59.1 Å². The number of rotatable bonds is 9. The molecule has 0 rings (SSSR count). The Morgan fingerprint density at radius 2 is 0.485 bits per heavy atom. The lowest BCUT2D eigenvalue weighted by molar-refractivity contribution is -0.472. The van der Waals surface area contributed by atoms with Gasteiger partial charge in [0.05, 0.1) is 0 Å². The highest BCUT2D eigenvalue weighted by Crippen LogP contribution is 2.66. The van der Waals surface area contributed by atoms with E-state index in [-0.39, 0.29) is 0 Å². The molecule has 0 aliphatic rings. The van der Waals surface area contributed by atoms with Crippen LogP contribution in [0.1, 0.15) is 0 Å². The predicted octanol–water partition coefficient (Wildman–Crippen LogP) is 6.55. The predicted molar refractivity (Wildman–Crippen MR) is 65.0 cm³/mol. The smallest absolute Gasteiger partial charge is 0.204 e. The number of hydrogen-bond acceptors (Lipinski definition) is 0. The van der Waals surface area contributed by atoms with E-state index in [4.69, 9.17) is 0 Å². The molecular weight excluding hydrogens is 583 g/mol. The highest BCUT2D eigenvalue weighted by atomic mass is 35.6. The first-order chi connectivity index (χ1) is 13.8. The molecular formula is C10H2ClF21Si. The summed E-state index contributed by atoms with van der Waals surface area (Å²) >= 11 is 4.15. The van der Waals surface area contributed by atoms with Crippen molar-refractivity contribution in [3.8, 4) is 0 Å². The fraction of sp³-hybridized carbons (Fsp3) is 1.00. The quantitative estimate of drug-likeness (QED) is 0.164. The lowest BCUT2D eigenvalue weighted by Gasteiger charge is -2.44. The molecule has 0 nitrogen and oxygen atoms in total. The summed E-state index contributed by atoms with van der Waals surface area (Å²) in [5.41, 5.74) is -6.58. The summed E-state index contributed by atoms with van der Waals surface area (Å²) in [6, 6.07) is 0. The van der Waals surface area contributed by atoms with Crippen molar-refractivity contribution in [2.45, 2.75) is 59.1 Å². The van der Waals surface area contributed by atoms with E-state index in [9.17, 15) is 92.2 Å². The molecule has 0 bridgehead atoms. The average Bonchev–Trinajstić information content (AvgIpc) is 2.59. The second-order valence-electron chi connectivity index (χ2n) is 5.93. The minimum Gasteiger partial charge on any atom is -0.204 e. The van der Waals surface area contributed by atoms with Crippen LogP contribution in [0.5, 0.6) is 0 Å². The highest BCUT2D eigenvalue weighted by Gasteiger charge is 2.97. The molecule has 0 unspecified atom stereocenters. The average molecular weight is 585 g/mol. The molecule has 0 radical (unpaired) electrons. The van der Waals surface area contributed by atoms with Gasteiger partial charge in [-0.1, -0.05) is 0 Å². The van der Waals surface area contributed by atoms with Crippen molar-refractivity contribution in [1.29, 1.82) is 0 Å². The molecule has 33 heavy (non-hydrogen) atoms. The molecule has 0 saturated carbocycles. The Bertz CT molecular complexity index is 719. The molecule has 0 aliphatic heterocycles. The number of halogens is 22. The van der Waals surface area contributed by atoms with Crippen molar-refractivity contribution >= 4 is 19.9 Å². The Labute approximate surface area is 172 Å². The van der Waals surface area contributed by atoms with Gasteiger partial charge in [0.1, 0.15) is 0 Å². The normalized spacial score (nSPS) is 17.3. The molecule has 0 saturated heterocycles. The molecule has 0 aliphatic carbocycles. The number of hydrogen-bond donors (Lipinski definition) is 0. The van der Waals surface area contributed by atoms with Crippen LogP contribution in [0.25, 0.3) is 0 Å². The van der Waals surface area contributed by atoms with E-state index in [0.29, 0.717) is 0 Å². The van der Waals surface area contributed by atoms with Gasteiger partial charge in [-0.3, -0.25) is 0 Å². The standard InChI is InChI=1S/C10H2ClF21Si/c11-33-10(31,32)8(26,27)6(22,23)4(18,19)2(14,15)1(12,13)3(16,17)5(20,21)7(24,25)9(28,29)30/h33H2. The summed E-state index contributed by atoms with van der Waals surface area (Å²) < 4.78 is 270. The van der Waals surface area contributed by atoms with E-state index in [1.807, 2.05) is 0 Å². The van der Waals surface area contributed by atoms with Gasteiger partial charge in [0, 0.05) is 0 Å².